The van der Waals surface area contributed by atoms with Crippen LogP contribution in [0.5, 0.6) is 11.5 Å². The van der Waals surface area contributed by atoms with Gasteiger partial charge in [-0.15, -0.1) is 0 Å². The van der Waals surface area contributed by atoms with Crippen molar-refractivity contribution in [2.75, 3.05) is 20.4 Å². The predicted octanol–water partition coefficient (Wildman–Crippen LogP) is 4.40. The Morgan fingerprint density at radius 3 is 2.57 bits per heavy atom. The Morgan fingerprint density at radius 1 is 0.971 bits per heavy atom. The first-order chi connectivity index (χ1) is 17.1. The molecular weight excluding hydrogens is 442 g/mol. The van der Waals surface area contributed by atoms with Crippen LogP contribution >= 0.6 is 0 Å². The van der Waals surface area contributed by atoms with Crippen molar-refractivity contribution in [2.45, 2.75) is 18.9 Å². The molecular formula is C28H27N3O4. The van der Waals surface area contributed by atoms with Gasteiger partial charge in [0.1, 0.15) is 5.69 Å². The van der Waals surface area contributed by atoms with E-state index in [-0.39, 0.29) is 24.6 Å². The van der Waals surface area contributed by atoms with E-state index in [0.717, 1.165) is 16.5 Å². The molecule has 2 heterocycles. The van der Waals surface area contributed by atoms with Crippen LogP contribution in [-0.2, 0) is 6.42 Å². The van der Waals surface area contributed by atoms with Crippen LogP contribution in [0.25, 0.3) is 10.9 Å². The summed E-state index contributed by atoms with van der Waals surface area (Å²) in [6.07, 6.45) is 1.28. The van der Waals surface area contributed by atoms with Gasteiger partial charge in [0.25, 0.3) is 11.8 Å². The van der Waals surface area contributed by atoms with Crippen molar-refractivity contribution in [3.63, 3.8) is 0 Å². The van der Waals surface area contributed by atoms with Crippen LogP contribution in [-0.4, -0.2) is 48.1 Å². The average molecular weight is 470 g/mol. The second kappa shape index (κ2) is 9.93. The Kier molecular flexibility index (Phi) is 6.39. The zero-order valence-electron chi connectivity index (χ0n) is 19.5. The number of nitrogens with one attached hydrogen (secondary N) is 2. The lowest BCUT2D eigenvalue weighted by Crippen LogP contribution is -2.41. The van der Waals surface area contributed by atoms with Crippen LogP contribution < -0.4 is 14.8 Å². The van der Waals surface area contributed by atoms with Gasteiger partial charge in [-0.25, -0.2) is 0 Å². The summed E-state index contributed by atoms with van der Waals surface area (Å²) in [6, 6.07) is 24.8. The third-order valence-electron chi connectivity index (χ3n) is 6.34. The Labute approximate surface area is 203 Å². The maximum atomic E-state index is 13.3. The standard InChI is InChI=1S/C28H27N3O4/c1-31(28(33)21-11-12-25-26(17-21)35-18-34-25)22(15-19-7-3-2-4-8-19)13-14-29-27(32)24-16-20-9-5-6-10-23(20)30-24/h2-12,16-17,22,30H,13-15,18H2,1H3,(H,29,32). The highest BCUT2D eigenvalue weighted by Crippen LogP contribution is 2.33. The first kappa shape index (κ1) is 22.5. The summed E-state index contributed by atoms with van der Waals surface area (Å²) in [7, 11) is 1.81. The van der Waals surface area contributed by atoms with Crippen LogP contribution in [0, 0.1) is 0 Å². The van der Waals surface area contributed by atoms with Crippen molar-refractivity contribution >= 4 is 22.7 Å². The minimum Gasteiger partial charge on any atom is -0.454 e. The Hall–Kier alpha value is -4.26. The molecule has 0 spiro atoms. The molecule has 0 fully saturated rings. The largest absolute Gasteiger partial charge is 0.454 e. The van der Waals surface area contributed by atoms with Crippen LogP contribution in [0.2, 0.25) is 0 Å². The van der Waals surface area contributed by atoms with E-state index in [9.17, 15) is 9.59 Å². The number of para-hydroxylation sites is 1. The number of rotatable bonds is 8. The SMILES string of the molecule is CN(C(=O)c1ccc2c(c1)OCO2)C(CCNC(=O)c1cc2ccccc2[nH]1)Cc1ccccc1. The van der Waals surface area contributed by atoms with Gasteiger partial charge in [0, 0.05) is 36.1 Å². The second-order valence-corrected chi connectivity index (χ2v) is 8.64. The lowest BCUT2D eigenvalue weighted by molar-refractivity contribution is 0.0722. The summed E-state index contributed by atoms with van der Waals surface area (Å²) in [4.78, 5) is 31.0. The lowest BCUT2D eigenvalue weighted by atomic mass is 10.0. The highest BCUT2D eigenvalue weighted by atomic mass is 16.7. The maximum Gasteiger partial charge on any atom is 0.267 e. The molecule has 1 aliphatic rings. The average Bonchev–Trinajstić information content (AvgIpc) is 3.54. The molecule has 0 saturated heterocycles. The van der Waals surface area contributed by atoms with Crippen molar-refractivity contribution in [1.82, 2.24) is 15.2 Å². The number of aromatic nitrogens is 1. The zero-order chi connectivity index (χ0) is 24.2. The summed E-state index contributed by atoms with van der Waals surface area (Å²) in [5, 5.41) is 3.99. The third-order valence-corrected chi connectivity index (χ3v) is 6.34. The number of carbonyl (C=O) groups excluding carboxylic acids is 2. The zero-order valence-corrected chi connectivity index (χ0v) is 19.5. The molecule has 35 heavy (non-hydrogen) atoms. The number of amides is 2. The lowest BCUT2D eigenvalue weighted by Gasteiger charge is -2.29. The fourth-order valence-corrected chi connectivity index (χ4v) is 4.36. The van der Waals surface area contributed by atoms with Gasteiger partial charge in [0.2, 0.25) is 6.79 Å². The van der Waals surface area contributed by atoms with E-state index in [0.29, 0.717) is 42.1 Å². The number of carbonyl (C=O) groups is 2. The van der Waals surface area contributed by atoms with Gasteiger partial charge in [-0.2, -0.15) is 0 Å². The molecule has 3 aromatic carbocycles. The van der Waals surface area contributed by atoms with Gasteiger partial charge in [0.05, 0.1) is 0 Å². The molecule has 4 aromatic rings. The summed E-state index contributed by atoms with van der Waals surface area (Å²) >= 11 is 0. The molecule has 2 amide bonds. The number of likely N-dealkylation sites (N-methyl/N-ethyl adjacent to an activating group) is 1. The molecule has 0 saturated carbocycles. The summed E-state index contributed by atoms with van der Waals surface area (Å²) < 4.78 is 10.8. The van der Waals surface area contributed by atoms with Crippen LogP contribution in [0.1, 0.15) is 32.8 Å². The van der Waals surface area contributed by atoms with Gasteiger partial charge in [-0.05, 0) is 48.7 Å². The Bertz CT molecular complexity index is 1320. The van der Waals surface area contributed by atoms with Crippen molar-refractivity contribution in [3.05, 3.63) is 95.7 Å². The van der Waals surface area contributed by atoms with Crippen molar-refractivity contribution in [2.24, 2.45) is 0 Å². The van der Waals surface area contributed by atoms with Gasteiger partial charge < -0.3 is 24.7 Å². The van der Waals surface area contributed by atoms with Gasteiger partial charge in [-0.3, -0.25) is 9.59 Å². The molecule has 1 unspecified atom stereocenters. The molecule has 1 atom stereocenters. The van der Waals surface area contributed by atoms with Crippen molar-refractivity contribution in [3.8, 4) is 11.5 Å². The van der Waals surface area contributed by atoms with Crippen LogP contribution in [0.15, 0.2) is 78.9 Å². The molecule has 0 radical (unpaired) electrons. The molecule has 5 rings (SSSR count). The van der Waals surface area contributed by atoms with E-state index in [2.05, 4.69) is 22.4 Å². The fraction of sp³-hybridized carbons (Fsp3) is 0.214. The van der Waals surface area contributed by atoms with E-state index in [1.54, 1.807) is 30.1 Å². The second-order valence-electron chi connectivity index (χ2n) is 8.64. The van der Waals surface area contributed by atoms with E-state index >= 15 is 0 Å². The fourth-order valence-electron chi connectivity index (χ4n) is 4.36. The number of nitrogens with zero attached hydrogens (tertiary/aromatic N) is 1. The summed E-state index contributed by atoms with van der Waals surface area (Å²) in [5.74, 6) is 0.953. The molecule has 178 valence electrons. The number of aromatic amines is 1. The highest BCUT2D eigenvalue weighted by molar-refractivity contribution is 5.98. The minimum absolute atomic E-state index is 0.105. The van der Waals surface area contributed by atoms with Gasteiger partial charge in [-0.1, -0.05) is 48.5 Å². The number of fused-ring (bicyclic) bond motifs is 2. The van der Waals surface area contributed by atoms with Crippen LogP contribution in [0.4, 0.5) is 0 Å². The van der Waals surface area contributed by atoms with E-state index in [1.807, 2.05) is 48.5 Å². The minimum atomic E-state index is -0.163. The van der Waals surface area contributed by atoms with E-state index in [1.165, 1.54) is 0 Å². The Balaban J connectivity index is 1.28. The topological polar surface area (TPSA) is 83.7 Å². The smallest absolute Gasteiger partial charge is 0.267 e. The van der Waals surface area contributed by atoms with Crippen molar-refractivity contribution < 1.29 is 19.1 Å². The summed E-state index contributed by atoms with van der Waals surface area (Å²) in [6.45, 7) is 0.597. The molecule has 1 aromatic heterocycles. The molecule has 7 nitrogen and oxygen atoms in total. The van der Waals surface area contributed by atoms with Gasteiger partial charge in [0.15, 0.2) is 11.5 Å². The number of benzene rings is 3. The Morgan fingerprint density at radius 2 is 1.74 bits per heavy atom. The number of H-pyrrole nitrogens is 1. The number of ether oxygens (including phenoxy) is 2. The third kappa shape index (κ3) is 4.99. The van der Waals surface area contributed by atoms with E-state index in [4.69, 9.17) is 9.47 Å². The number of hydrogen-bond acceptors (Lipinski definition) is 4. The molecule has 1 aliphatic heterocycles. The highest BCUT2D eigenvalue weighted by Gasteiger charge is 2.24. The monoisotopic (exact) mass is 469 g/mol. The normalized spacial score (nSPS) is 12.9. The molecule has 7 heteroatoms. The predicted molar refractivity (Wildman–Crippen MR) is 134 cm³/mol. The molecule has 0 bridgehead atoms. The summed E-state index contributed by atoms with van der Waals surface area (Å²) in [5.41, 5.74) is 3.12. The molecule has 2 N–H and O–H groups in total. The molecule has 0 aliphatic carbocycles. The van der Waals surface area contributed by atoms with E-state index < -0.39 is 0 Å². The quantitative estimate of drug-likeness (QED) is 0.401. The van der Waals surface area contributed by atoms with Gasteiger partial charge >= 0.3 is 0 Å². The van der Waals surface area contributed by atoms with Crippen LogP contribution in [0.3, 0.4) is 0 Å². The maximum absolute atomic E-state index is 13.3. The first-order valence-electron chi connectivity index (χ1n) is 11.6. The van der Waals surface area contributed by atoms with Crippen molar-refractivity contribution in [1.29, 1.82) is 0 Å². The number of hydrogen-bond donors (Lipinski definition) is 2. The first-order valence-corrected chi connectivity index (χ1v) is 11.6.